The zero-order valence-corrected chi connectivity index (χ0v) is 10.8. The zero-order valence-electron chi connectivity index (χ0n) is 10.8. The van der Waals surface area contributed by atoms with Gasteiger partial charge in [-0.1, -0.05) is 18.7 Å². The maximum absolute atomic E-state index is 12.6. The second kappa shape index (κ2) is 4.73. The highest BCUT2D eigenvalue weighted by atomic mass is 19.4. The molecular formula is C15H10F3N3. The monoisotopic (exact) mass is 289 g/mol. The molecule has 0 saturated heterocycles. The highest BCUT2D eigenvalue weighted by Crippen LogP contribution is 2.31. The summed E-state index contributed by atoms with van der Waals surface area (Å²) in [6, 6.07) is 4.98. The summed E-state index contributed by atoms with van der Waals surface area (Å²) in [5.41, 5.74) is 1.96. The lowest BCUT2D eigenvalue weighted by Crippen LogP contribution is -2.04. The maximum atomic E-state index is 12.6. The van der Waals surface area contributed by atoms with Crippen molar-refractivity contribution in [3.05, 3.63) is 60.7 Å². The van der Waals surface area contributed by atoms with Crippen LogP contribution in [0.25, 0.3) is 23.0 Å². The summed E-state index contributed by atoms with van der Waals surface area (Å²) in [5.74, 6) is 0. The van der Waals surface area contributed by atoms with Gasteiger partial charge in [0.25, 0.3) is 0 Å². The van der Waals surface area contributed by atoms with Gasteiger partial charge in [0.05, 0.1) is 29.3 Å². The van der Waals surface area contributed by atoms with Crippen LogP contribution in [-0.2, 0) is 6.18 Å². The van der Waals surface area contributed by atoms with Crippen LogP contribution < -0.4 is 0 Å². The summed E-state index contributed by atoms with van der Waals surface area (Å²) >= 11 is 0. The molecule has 3 nitrogen and oxygen atoms in total. The Morgan fingerprint density at radius 3 is 2.38 bits per heavy atom. The fourth-order valence-electron chi connectivity index (χ4n) is 2.05. The minimum Gasteiger partial charge on any atom is -0.296 e. The molecular weight excluding hydrogens is 279 g/mol. The van der Waals surface area contributed by atoms with Crippen molar-refractivity contribution in [1.29, 1.82) is 0 Å². The van der Waals surface area contributed by atoms with Crippen LogP contribution >= 0.6 is 0 Å². The average Bonchev–Trinajstić information content (AvgIpc) is 2.89. The van der Waals surface area contributed by atoms with E-state index in [9.17, 15) is 13.2 Å². The van der Waals surface area contributed by atoms with E-state index < -0.39 is 11.7 Å². The molecule has 0 atom stereocenters. The van der Waals surface area contributed by atoms with Crippen LogP contribution in [0.4, 0.5) is 13.2 Å². The first kappa shape index (κ1) is 13.4. The minimum absolute atomic E-state index is 0.621. The molecule has 0 aliphatic rings. The van der Waals surface area contributed by atoms with Crippen molar-refractivity contribution in [3.8, 4) is 11.3 Å². The van der Waals surface area contributed by atoms with Crippen molar-refractivity contribution in [2.24, 2.45) is 0 Å². The molecule has 0 bridgehead atoms. The number of aromatic nitrogens is 3. The molecule has 0 unspecified atom stereocenters. The molecule has 2 aromatic heterocycles. The first-order valence-corrected chi connectivity index (χ1v) is 6.12. The van der Waals surface area contributed by atoms with Crippen LogP contribution in [0.5, 0.6) is 0 Å². The summed E-state index contributed by atoms with van der Waals surface area (Å²) in [7, 11) is 0. The molecule has 1 aromatic carbocycles. The van der Waals surface area contributed by atoms with Crippen LogP contribution in [0, 0.1) is 0 Å². The molecule has 0 saturated carbocycles. The Hall–Kier alpha value is -2.63. The summed E-state index contributed by atoms with van der Waals surface area (Å²) in [5, 5.41) is 0. The molecule has 0 aliphatic heterocycles. The van der Waals surface area contributed by atoms with Gasteiger partial charge in [-0.2, -0.15) is 13.2 Å². The summed E-state index contributed by atoms with van der Waals surface area (Å²) in [6.45, 7) is 3.64. The van der Waals surface area contributed by atoms with E-state index in [-0.39, 0.29) is 0 Å². The van der Waals surface area contributed by atoms with Gasteiger partial charge in [0.15, 0.2) is 5.65 Å². The van der Waals surface area contributed by atoms with Crippen LogP contribution in [0.2, 0.25) is 0 Å². The average molecular weight is 289 g/mol. The molecule has 0 fully saturated rings. The van der Waals surface area contributed by atoms with E-state index in [1.165, 1.54) is 12.1 Å². The molecule has 0 spiro atoms. The van der Waals surface area contributed by atoms with Crippen LogP contribution in [0.15, 0.2) is 49.4 Å². The van der Waals surface area contributed by atoms with E-state index in [4.69, 9.17) is 0 Å². The number of hydrogen-bond acceptors (Lipinski definition) is 2. The summed E-state index contributed by atoms with van der Waals surface area (Å²) < 4.78 is 39.5. The molecule has 3 aromatic rings. The number of halogens is 3. The van der Waals surface area contributed by atoms with Gasteiger partial charge in [-0.05, 0) is 18.2 Å². The largest absolute Gasteiger partial charge is 0.416 e. The van der Waals surface area contributed by atoms with Gasteiger partial charge in [-0.25, -0.2) is 4.98 Å². The van der Waals surface area contributed by atoms with E-state index in [1.807, 2.05) is 0 Å². The van der Waals surface area contributed by atoms with E-state index in [1.54, 1.807) is 29.1 Å². The molecule has 0 aliphatic carbocycles. The number of fused-ring (bicyclic) bond motifs is 1. The Morgan fingerprint density at radius 2 is 1.76 bits per heavy atom. The topological polar surface area (TPSA) is 30.2 Å². The van der Waals surface area contributed by atoms with Gasteiger partial charge < -0.3 is 0 Å². The third kappa shape index (κ3) is 2.40. The Kier molecular flexibility index (Phi) is 3.01. The number of hydrogen-bond donors (Lipinski definition) is 0. The van der Waals surface area contributed by atoms with Gasteiger partial charge >= 0.3 is 6.18 Å². The molecule has 6 heteroatoms. The van der Waals surface area contributed by atoms with Crippen LogP contribution in [0.3, 0.4) is 0 Å². The molecule has 2 heterocycles. The lowest BCUT2D eigenvalue weighted by atomic mass is 10.1. The van der Waals surface area contributed by atoms with Crippen molar-refractivity contribution >= 4 is 11.7 Å². The van der Waals surface area contributed by atoms with Gasteiger partial charge in [0.2, 0.25) is 0 Å². The third-order valence-corrected chi connectivity index (χ3v) is 3.13. The lowest BCUT2D eigenvalue weighted by Gasteiger charge is -2.07. The second-order valence-electron chi connectivity index (χ2n) is 4.46. The van der Waals surface area contributed by atoms with Gasteiger partial charge in [0.1, 0.15) is 0 Å². The summed E-state index contributed by atoms with van der Waals surface area (Å²) in [6.07, 6.45) is 2.19. The highest BCUT2D eigenvalue weighted by molar-refractivity contribution is 5.64. The Labute approximate surface area is 118 Å². The van der Waals surface area contributed by atoms with E-state index in [0.29, 0.717) is 22.6 Å². The number of imidazole rings is 1. The first-order chi connectivity index (χ1) is 9.99. The van der Waals surface area contributed by atoms with Crippen molar-refractivity contribution in [2.45, 2.75) is 6.18 Å². The standard InChI is InChI=1S/C15H10F3N3/c1-2-12-9-21-13(7-20-14(21)8-19-12)10-3-5-11(6-4-10)15(16,17)18/h2-9H,1H2. The fourth-order valence-corrected chi connectivity index (χ4v) is 2.05. The second-order valence-corrected chi connectivity index (χ2v) is 4.46. The number of alkyl halides is 3. The Balaban J connectivity index is 2.10. The number of nitrogens with zero attached hydrogens (tertiary/aromatic N) is 3. The van der Waals surface area contributed by atoms with Crippen molar-refractivity contribution in [3.63, 3.8) is 0 Å². The molecule has 0 amide bonds. The molecule has 3 rings (SSSR count). The third-order valence-electron chi connectivity index (χ3n) is 3.13. The van der Waals surface area contributed by atoms with Crippen molar-refractivity contribution in [2.75, 3.05) is 0 Å². The predicted molar refractivity (Wildman–Crippen MR) is 73.5 cm³/mol. The molecule has 0 N–H and O–H groups in total. The van der Waals surface area contributed by atoms with E-state index in [2.05, 4.69) is 16.5 Å². The Morgan fingerprint density at radius 1 is 1.05 bits per heavy atom. The van der Waals surface area contributed by atoms with Crippen molar-refractivity contribution < 1.29 is 13.2 Å². The van der Waals surface area contributed by atoms with Gasteiger partial charge in [0, 0.05) is 11.8 Å². The molecule has 106 valence electrons. The quantitative estimate of drug-likeness (QED) is 0.712. The maximum Gasteiger partial charge on any atom is 0.416 e. The number of benzene rings is 1. The molecule has 21 heavy (non-hydrogen) atoms. The fraction of sp³-hybridized carbons (Fsp3) is 0.0667. The summed E-state index contributed by atoms with van der Waals surface area (Å²) in [4.78, 5) is 8.31. The minimum atomic E-state index is -4.34. The first-order valence-electron chi connectivity index (χ1n) is 6.12. The van der Waals surface area contributed by atoms with Crippen LogP contribution in [0.1, 0.15) is 11.3 Å². The highest BCUT2D eigenvalue weighted by Gasteiger charge is 2.30. The lowest BCUT2D eigenvalue weighted by molar-refractivity contribution is -0.137. The molecule has 0 radical (unpaired) electrons. The van der Waals surface area contributed by atoms with Crippen LogP contribution in [-0.4, -0.2) is 14.4 Å². The van der Waals surface area contributed by atoms with E-state index >= 15 is 0 Å². The van der Waals surface area contributed by atoms with Gasteiger partial charge in [-0.15, -0.1) is 0 Å². The smallest absolute Gasteiger partial charge is 0.296 e. The normalized spacial score (nSPS) is 11.8. The van der Waals surface area contributed by atoms with Gasteiger partial charge in [-0.3, -0.25) is 9.38 Å². The number of rotatable bonds is 2. The Bertz CT molecular complexity index is 801. The zero-order chi connectivity index (χ0) is 15.0. The SMILES string of the molecule is C=Cc1cn2c(-c3ccc(C(F)(F)F)cc3)cnc2cn1. The van der Waals surface area contributed by atoms with Crippen molar-refractivity contribution in [1.82, 2.24) is 14.4 Å². The predicted octanol–water partition coefficient (Wildman–Crippen LogP) is 4.06. The van der Waals surface area contributed by atoms with E-state index in [0.717, 1.165) is 12.1 Å².